The molecule has 0 fully saturated rings. The van der Waals surface area contributed by atoms with Crippen LogP contribution in [0.3, 0.4) is 0 Å². The summed E-state index contributed by atoms with van der Waals surface area (Å²) in [5.74, 6) is 5.40. The van der Waals surface area contributed by atoms with Gasteiger partial charge in [-0.1, -0.05) is 24.3 Å². The molecule has 4 nitrogen and oxygen atoms in total. The Hall–Kier alpha value is -2.33. The van der Waals surface area contributed by atoms with Crippen LogP contribution in [0.4, 0.5) is 5.69 Å². The Labute approximate surface area is 112 Å². The van der Waals surface area contributed by atoms with E-state index in [9.17, 15) is 4.79 Å². The van der Waals surface area contributed by atoms with Crippen molar-refractivity contribution in [1.29, 1.82) is 0 Å². The van der Waals surface area contributed by atoms with E-state index in [-0.39, 0.29) is 5.91 Å². The average molecular weight is 255 g/mol. The summed E-state index contributed by atoms with van der Waals surface area (Å²) >= 11 is 0. The highest BCUT2D eigenvalue weighted by Gasteiger charge is 2.08. The second-order valence-electron chi connectivity index (χ2n) is 4.51. The molecule has 98 valence electrons. The number of carbonyl (C=O) groups is 1. The predicted octanol–water partition coefficient (Wildman–Crippen LogP) is 2.34. The van der Waals surface area contributed by atoms with E-state index in [1.54, 1.807) is 19.0 Å². The number of rotatable bonds is 3. The molecular formula is C15H17N3O. The molecule has 0 atom stereocenters. The molecule has 0 aromatic heterocycles. The highest BCUT2D eigenvalue weighted by Crippen LogP contribution is 2.23. The second-order valence-corrected chi connectivity index (χ2v) is 4.51. The molecule has 0 radical (unpaired) electrons. The predicted molar refractivity (Wildman–Crippen MR) is 77.7 cm³/mol. The monoisotopic (exact) mass is 255 g/mol. The third kappa shape index (κ3) is 2.92. The standard InChI is InChI=1S/C15H17N3O/c1-18(2)15(19)13-7-3-5-11(9-13)12-6-4-8-14(10-12)17-16/h3-10,17H,16H2,1-2H3. The minimum Gasteiger partial charge on any atom is -0.345 e. The Morgan fingerprint density at radius 1 is 1.05 bits per heavy atom. The van der Waals surface area contributed by atoms with Crippen molar-refractivity contribution in [3.05, 3.63) is 54.1 Å². The summed E-state index contributed by atoms with van der Waals surface area (Å²) in [6.45, 7) is 0. The number of hydrogen-bond donors (Lipinski definition) is 2. The van der Waals surface area contributed by atoms with Crippen LogP contribution in [0.2, 0.25) is 0 Å². The zero-order valence-corrected chi connectivity index (χ0v) is 11.1. The zero-order chi connectivity index (χ0) is 13.8. The third-order valence-corrected chi connectivity index (χ3v) is 2.88. The molecule has 0 heterocycles. The molecule has 2 aromatic carbocycles. The van der Waals surface area contributed by atoms with Gasteiger partial charge in [-0.25, -0.2) is 0 Å². The summed E-state index contributed by atoms with van der Waals surface area (Å²) in [4.78, 5) is 13.5. The van der Waals surface area contributed by atoms with Crippen LogP contribution in [0.25, 0.3) is 11.1 Å². The Kier molecular flexibility index (Phi) is 3.82. The summed E-state index contributed by atoms with van der Waals surface area (Å²) in [5.41, 5.74) is 6.14. The lowest BCUT2D eigenvalue weighted by molar-refractivity contribution is 0.0827. The van der Waals surface area contributed by atoms with Gasteiger partial charge in [-0.05, 0) is 35.4 Å². The number of nitrogen functional groups attached to an aromatic ring is 1. The van der Waals surface area contributed by atoms with Crippen molar-refractivity contribution in [2.24, 2.45) is 5.84 Å². The van der Waals surface area contributed by atoms with E-state index in [1.165, 1.54) is 0 Å². The van der Waals surface area contributed by atoms with Crippen molar-refractivity contribution in [2.75, 3.05) is 19.5 Å². The van der Waals surface area contributed by atoms with Crippen LogP contribution in [-0.2, 0) is 0 Å². The molecule has 0 spiro atoms. The van der Waals surface area contributed by atoms with Gasteiger partial charge in [-0.2, -0.15) is 0 Å². The lowest BCUT2D eigenvalue weighted by Crippen LogP contribution is -2.21. The molecule has 0 aliphatic rings. The topological polar surface area (TPSA) is 58.4 Å². The molecule has 0 bridgehead atoms. The van der Waals surface area contributed by atoms with E-state index in [0.29, 0.717) is 5.56 Å². The van der Waals surface area contributed by atoms with Gasteiger partial charge in [0.05, 0.1) is 0 Å². The van der Waals surface area contributed by atoms with E-state index in [0.717, 1.165) is 16.8 Å². The molecule has 1 amide bonds. The van der Waals surface area contributed by atoms with Crippen LogP contribution in [0.1, 0.15) is 10.4 Å². The van der Waals surface area contributed by atoms with E-state index in [2.05, 4.69) is 5.43 Å². The van der Waals surface area contributed by atoms with Crippen LogP contribution in [0.5, 0.6) is 0 Å². The van der Waals surface area contributed by atoms with Crippen LogP contribution >= 0.6 is 0 Å². The van der Waals surface area contributed by atoms with Crippen LogP contribution in [0, 0.1) is 0 Å². The molecule has 3 N–H and O–H groups in total. The zero-order valence-electron chi connectivity index (χ0n) is 11.1. The number of hydrazine groups is 1. The second kappa shape index (κ2) is 5.54. The first-order valence-electron chi connectivity index (χ1n) is 6.00. The molecule has 0 aliphatic carbocycles. The number of anilines is 1. The first kappa shape index (κ1) is 13.1. The highest BCUT2D eigenvalue weighted by atomic mass is 16.2. The van der Waals surface area contributed by atoms with Gasteiger partial charge < -0.3 is 10.3 Å². The van der Waals surface area contributed by atoms with E-state index >= 15 is 0 Å². The molecule has 2 aromatic rings. The molecule has 2 rings (SSSR count). The van der Waals surface area contributed by atoms with Gasteiger partial charge in [-0.3, -0.25) is 10.6 Å². The van der Waals surface area contributed by atoms with Crippen molar-refractivity contribution in [2.45, 2.75) is 0 Å². The van der Waals surface area contributed by atoms with Crippen LogP contribution in [0.15, 0.2) is 48.5 Å². The number of nitrogens with one attached hydrogen (secondary N) is 1. The Balaban J connectivity index is 2.40. The lowest BCUT2D eigenvalue weighted by Gasteiger charge is -2.11. The number of nitrogens with two attached hydrogens (primary N) is 1. The van der Waals surface area contributed by atoms with Crippen LogP contribution in [-0.4, -0.2) is 24.9 Å². The maximum absolute atomic E-state index is 11.9. The van der Waals surface area contributed by atoms with Gasteiger partial charge in [0.2, 0.25) is 0 Å². The summed E-state index contributed by atoms with van der Waals surface area (Å²) in [6.07, 6.45) is 0. The van der Waals surface area contributed by atoms with Gasteiger partial charge in [0.1, 0.15) is 0 Å². The average Bonchev–Trinajstić information content (AvgIpc) is 2.46. The van der Waals surface area contributed by atoms with Gasteiger partial charge in [0.15, 0.2) is 0 Å². The number of amides is 1. The number of carbonyl (C=O) groups excluding carboxylic acids is 1. The normalized spacial score (nSPS) is 10.1. The minimum atomic E-state index is -0.00467. The summed E-state index contributed by atoms with van der Waals surface area (Å²) < 4.78 is 0. The minimum absolute atomic E-state index is 0.00467. The van der Waals surface area contributed by atoms with Crippen molar-refractivity contribution < 1.29 is 4.79 Å². The smallest absolute Gasteiger partial charge is 0.253 e. The van der Waals surface area contributed by atoms with Crippen molar-refractivity contribution in [3.8, 4) is 11.1 Å². The largest absolute Gasteiger partial charge is 0.345 e. The quantitative estimate of drug-likeness (QED) is 0.653. The molecular weight excluding hydrogens is 238 g/mol. The number of benzene rings is 2. The van der Waals surface area contributed by atoms with Crippen molar-refractivity contribution in [1.82, 2.24) is 4.90 Å². The van der Waals surface area contributed by atoms with E-state index < -0.39 is 0 Å². The molecule has 0 saturated heterocycles. The van der Waals surface area contributed by atoms with Crippen molar-refractivity contribution >= 4 is 11.6 Å². The highest BCUT2D eigenvalue weighted by molar-refractivity contribution is 5.95. The Bertz CT molecular complexity index is 593. The van der Waals surface area contributed by atoms with E-state index in [4.69, 9.17) is 5.84 Å². The molecule has 4 heteroatoms. The lowest BCUT2D eigenvalue weighted by atomic mass is 10.0. The maximum atomic E-state index is 11.9. The fourth-order valence-electron chi connectivity index (χ4n) is 1.88. The first-order chi connectivity index (χ1) is 9.11. The summed E-state index contributed by atoms with van der Waals surface area (Å²) in [7, 11) is 3.49. The SMILES string of the molecule is CN(C)C(=O)c1cccc(-c2cccc(NN)c2)c1. The van der Waals surface area contributed by atoms with Gasteiger partial charge in [0, 0.05) is 25.3 Å². The molecule has 19 heavy (non-hydrogen) atoms. The van der Waals surface area contributed by atoms with Gasteiger partial charge in [0.25, 0.3) is 5.91 Å². The molecule has 0 aliphatic heterocycles. The maximum Gasteiger partial charge on any atom is 0.253 e. The number of nitrogens with zero attached hydrogens (tertiary/aromatic N) is 1. The summed E-state index contributed by atoms with van der Waals surface area (Å²) in [5, 5.41) is 0. The van der Waals surface area contributed by atoms with E-state index in [1.807, 2.05) is 48.5 Å². The fourth-order valence-corrected chi connectivity index (χ4v) is 1.88. The first-order valence-corrected chi connectivity index (χ1v) is 6.00. The van der Waals surface area contributed by atoms with Gasteiger partial charge in [-0.15, -0.1) is 0 Å². The summed E-state index contributed by atoms with van der Waals surface area (Å²) in [6, 6.07) is 15.3. The fraction of sp³-hybridized carbons (Fsp3) is 0.133. The Morgan fingerprint density at radius 2 is 1.68 bits per heavy atom. The molecule has 0 saturated carbocycles. The number of hydrogen-bond acceptors (Lipinski definition) is 3. The third-order valence-electron chi connectivity index (χ3n) is 2.88. The molecule has 0 unspecified atom stereocenters. The Morgan fingerprint density at radius 3 is 2.32 bits per heavy atom. The van der Waals surface area contributed by atoms with Crippen LogP contribution < -0.4 is 11.3 Å². The van der Waals surface area contributed by atoms with Gasteiger partial charge >= 0.3 is 0 Å². The van der Waals surface area contributed by atoms with Crippen molar-refractivity contribution in [3.63, 3.8) is 0 Å².